The van der Waals surface area contributed by atoms with Crippen molar-refractivity contribution in [2.75, 3.05) is 19.0 Å². The normalized spacial score (nSPS) is 16.9. The van der Waals surface area contributed by atoms with Crippen molar-refractivity contribution in [2.24, 2.45) is 0 Å². The average Bonchev–Trinajstić information content (AvgIpc) is 3.21. The molecule has 0 saturated carbocycles. The first kappa shape index (κ1) is 24.8. The van der Waals surface area contributed by atoms with Crippen molar-refractivity contribution < 1.29 is 23.9 Å². The lowest BCUT2D eigenvalue weighted by molar-refractivity contribution is -0.126. The van der Waals surface area contributed by atoms with Crippen molar-refractivity contribution in [3.8, 4) is 5.75 Å². The number of cyclic esters (lactones) is 1. The second kappa shape index (κ2) is 10.9. The van der Waals surface area contributed by atoms with E-state index in [1.54, 1.807) is 55.6 Å². The first-order valence-corrected chi connectivity index (χ1v) is 11.8. The second-order valence-corrected chi connectivity index (χ2v) is 8.57. The molecule has 8 nitrogen and oxygen atoms in total. The molecule has 0 spiro atoms. The molecule has 2 N–H and O–H groups in total. The predicted octanol–water partition coefficient (Wildman–Crippen LogP) is 4.45. The molecule has 8 heteroatoms. The lowest BCUT2D eigenvalue weighted by Crippen LogP contribution is -2.46. The molecular formula is C28H29N3O5. The summed E-state index contributed by atoms with van der Waals surface area (Å²) in [6, 6.07) is 20.7. The van der Waals surface area contributed by atoms with Crippen LogP contribution < -0.4 is 15.4 Å². The Morgan fingerprint density at radius 2 is 1.75 bits per heavy atom. The molecule has 1 aliphatic rings. The van der Waals surface area contributed by atoms with Crippen LogP contribution in [-0.4, -0.2) is 42.5 Å². The number of nitrogens with one attached hydrogen (secondary N) is 2. The van der Waals surface area contributed by atoms with Crippen molar-refractivity contribution >= 4 is 23.6 Å². The van der Waals surface area contributed by atoms with Gasteiger partial charge in [-0.1, -0.05) is 42.0 Å². The Morgan fingerprint density at radius 1 is 1.03 bits per heavy atom. The zero-order chi connectivity index (χ0) is 25.7. The Balaban J connectivity index is 1.57. The van der Waals surface area contributed by atoms with E-state index in [1.807, 2.05) is 38.1 Å². The van der Waals surface area contributed by atoms with Gasteiger partial charge in [-0.15, -0.1) is 0 Å². The molecule has 3 aromatic carbocycles. The van der Waals surface area contributed by atoms with E-state index < -0.39 is 18.2 Å². The number of carbonyl (C=O) groups is 3. The van der Waals surface area contributed by atoms with Crippen LogP contribution in [0.25, 0.3) is 0 Å². The van der Waals surface area contributed by atoms with E-state index in [2.05, 4.69) is 10.6 Å². The van der Waals surface area contributed by atoms with E-state index in [0.29, 0.717) is 29.1 Å². The Kier molecular flexibility index (Phi) is 7.53. The van der Waals surface area contributed by atoms with Crippen LogP contribution in [-0.2, 0) is 16.1 Å². The van der Waals surface area contributed by atoms with Crippen LogP contribution in [0, 0.1) is 6.92 Å². The molecule has 186 valence electrons. The fourth-order valence-electron chi connectivity index (χ4n) is 4.12. The zero-order valence-corrected chi connectivity index (χ0v) is 20.5. The fraction of sp³-hybridized carbons (Fsp3) is 0.250. The summed E-state index contributed by atoms with van der Waals surface area (Å²) in [5.74, 6) is 0.0656. The number of amides is 3. The molecule has 0 aliphatic carbocycles. The van der Waals surface area contributed by atoms with Crippen molar-refractivity contribution in [1.29, 1.82) is 0 Å². The van der Waals surface area contributed by atoms with Gasteiger partial charge in [0.15, 0.2) is 12.1 Å². The topological polar surface area (TPSA) is 97.0 Å². The number of benzene rings is 3. The summed E-state index contributed by atoms with van der Waals surface area (Å²) in [6.07, 6.45) is -1.39. The van der Waals surface area contributed by atoms with Crippen LogP contribution >= 0.6 is 0 Å². The van der Waals surface area contributed by atoms with E-state index >= 15 is 0 Å². The first-order chi connectivity index (χ1) is 17.4. The number of anilines is 1. The van der Waals surface area contributed by atoms with Gasteiger partial charge in [0.05, 0.1) is 13.7 Å². The van der Waals surface area contributed by atoms with E-state index in [1.165, 1.54) is 4.90 Å². The van der Waals surface area contributed by atoms with Crippen molar-refractivity contribution in [1.82, 2.24) is 10.2 Å². The number of likely N-dealkylation sites (N-methyl/N-ethyl adjacent to an activating group) is 1. The maximum Gasteiger partial charge on any atom is 0.411 e. The number of hydrogen-bond acceptors (Lipinski definition) is 5. The van der Waals surface area contributed by atoms with Gasteiger partial charge in [0.25, 0.3) is 5.91 Å². The molecule has 2 atom stereocenters. The third-order valence-corrected chi connectivity index (χ3v) is 6.00. The molecule has 1 fully saturated rings. The van der Waals surface area contributed by atoms with Crippen LogP contribution in [0.2, 0.25) is 0 Å². The predicted molar refractivity (Wildman–Crippen MR) is 136 cm³/mol. The lowest BCUT2D eigenvalue weighted by atomic mass is 10.00. The lowest BCUT2D eigenvalue weighted by Gasteiger charge is -2.24. The molecule has 1 aliphatic heterocycles. The Labute approximate surface area is 210 Å². The number of rotatable bonds is 8. The molecular weight excluding hydrogens is 458 g/mol. The van der Waals surface area contributed by atoms with E-state index in [9.17, 15) is 14.4 Å². The highest BCUT2D eigenvalue weighted by Gasteiger charge is 2.46. The average molecular weight is 488 g/mol. The monoisotopic (exact) mass is 487 g/mol. The highest BCUT2D eigenvalue weighted by Crippen LogP contribution is 2.35. The molecule has 1 saturated heterocycles. The SMILES string of the molecule is CCNC(=O)[C@H]1[C@H](c2cccc(NC(=O)c3ccc(OC)cc3)c2)OC(=O)N1Cc1ccc(C)cc1. The van der Waals surface area contributed by atoms with E-state index in [4.69, 9.17) is 9.47 Å². The number of ether oxygens (including phenoxy) is 2. The molecule has 0 bridgehead atoms. The molecule has 3 aromatic rings. The maximum absolute atomic E-state index is 13.1. The van der Waals surface area contributed by atoms with Gasteiger partial charge in [-0.2, -0.15) is 0 Å². The van der Waals surface area contributed by atoms with Gasteiger partial charge in [0.2, 0.25) is 5.91 Å². The van der Waals surface area contributed by atoms with Crippen molar-refractivity contribution in [3.63, 3.8) is 0 Å². The molecule has 0 unspecified atom stereocenters. The summed E-state index contributed by atoms with van der Waals surface area (Å²) in [5.41, 5.74) is 3.61. The van der Waals surface area contributed by atoms with Crippen molar-refractivity contribution in [3.05, 3.63) is 95.1 Å². The summed E-state index contributed by atoms with van der Waals surface area (Å²) in [5, 5.41) is 5.68. The third kappa shape index (κ3) is 5.49. The highest BCUT2D eigenvalue weighted by atomic mass is 16.6. The Morgan fingerprint density at radius 3 is 2.42 bits per heavy atom. The minimum absolute atomic E-state index is 0.241. The summed E-state index contributed by atoms with van der Waals surface area (Å²) in [4.78, 5) is 40.1. The molecule has 0 radical (unpaired) electrons. The number of carbonyl (C=O) groups excluding carboxylic acids is 3. The number of nitrogens with zero attached hydrogens (tertiary/aromatic N) is 1. The molecule has 36 heavy (non-hydrogen) atoms. The second-order valence-electron chi connectivity index (χ2n) is 8.57. The fourth-order valence-corrected chi connectivity index (χ4v) is 4.12. The summed E-state index contributed by atoms with van der Waals surface area (Å²) < 4.78 is 10.8. The number of hydrogen-bond donors (Lipinski definition) is 2. The Bertz CT molecular complexity index is 1240. The quantitative estimate of drug-likeness (QED) is 0.489. The van der Waals surface area contributed by atoms with Crippen molar-refractivity contribution in [2.45, 2.75) is 32.5 Å². The number of aryl methyl sites for hydroxylation is 1. The van der Waals surface area contributed by atoms with Gasteiger partial charge in [0.1, 0.15) is 5.75 Å². The van der Waals surface area contributed by atoms with Crippen LogP contribution in [0.1, 0.15) is 40.1 Å². The molecule has 3 amide bonds. The van der Waals surface area contributed by atoms with Crippen LogP contribution in [0.15, 0.2) is 72.8 Å². The van der Waals surface area contributed by atoms with Crippen LogP contribution in [0.3, 0.4) is 0 Å². The van der Waals surface area contributed by atoms with E-state index in [-0.39, 0.29) is 18.4 Å². The molecule has 1 heterocycles. The summed E-state index contributed by atoms with van der Waals surface area (Å²) in [6.45, 7) is 4.48. The Hall–Kier alpha value is -4.33. The zero-order valence-electron chi connectivity index (χ0n) is 20.5. The van der Waals surface area contributed by atoms with Crippen LogP contribution in [0.5, 0.6) is 5.75 Å². The third-order valence-electron chi connectivity index (χ3n) is 6.00. The van der Waals surface area contributed by atoms with Crippen LogP contribution in [0.4, 0.5) is 10.5 Å². The van der Waals surface area contributed by atoms with Gasteiger partial charge < -0.3 is 20.1 Å². The van der Waals surface area contributed by atoms with Gasteiger partial charge in [-0.05, 0) is 61.4 Å². The van der Waals surface area contributed by atoms with Gasteiger partial charge in [-0.3, -0.25) is 14.5 Å². The minimum atomic E-state index is -0.855. The van der Waals surface area contributed by atoms with E-state index in [0.717, 1.165) is 11.1 Å². The first-order valence-electron chi connectivity index (χ1n) is 11.8. The standard InChI is InChI=1S/C28H29N3O5/c1-4-29-27(33)24-25(36-28(34)31(24)17-19-10-8-18(2)9-11-19)21-6-5-7-22(16-21)30-26(32)20-12-14-23(35-3)15-13-20/h5-16,24-25H,4,17H2,1-3H3,(H,29,33)(H,30,32)/t24-,25+/m1/s1. The summed E-state index contributed by atoms with van der Waals surface area (Å²) >= 11 is 0. The largest absolute Gasteiger partial charge is 0.497 e. The van der Waals surface area contributed by atoms with Gasteiger partial charge in [-0.25, -0.2) is 4.79 Å². The maximum atomic E-state index is 13.1. The molecule has 4 rings (SSSR count). The van der Waals surface area contributed by atoms with Gasteiger partial charge in [0, 0.05) is 17.8 Å². The summed E-state index contributed by atoms with van der Waals surface area (Å²) in [7, 11) is 1.56. The molecule has 0 aromatic heterocycles. The van der Waals surface area contributed by atoms with Gasteiger partial charge >= 0.3 is 6.09 Å². The number of methoxy groups -OCH3 is 1. The highest BCUT2D eigenvalue weighted by molar-refractivity contribution is 6.04. The minimum Gasteiger partial charge on any atom is -0.497 e. The smallest absolute Gasteiger partial charge is 0.411 e.